The van der Waals surface area contributed by atoms with Crippen LogP contribution in [0.15, 0.2) is 42.5 Å². The van der Waals surface area contributed by atoms with Crippen LogP contribution in [0.25, 0.3) is 0 Å². The zero-order valence-corrected chi connectivity index (χ0v) is 13.7. The summed E-state index contributed by atoms with van der Waals surface area (Å²) in [7, 11) is 4.77. The van der Waals surface area contributed by atoms with Crippen molar-refractivity contribution in [3.8, 4) is 11.5 Å². The van der Waals surface area contributed by atoms with Gasteiger partial charge in [0.25, 0.3) is 5.91 Å². The van der Waals surface area contributed by atoms with Gasteiger partial charge >= 0.3 is 0 Å². The number of halogens is 1. The van der Waals surface area contributed by atoms with Crippen molar-refractivity contribution in [2.45, 2.75) is 13.0 Å². The Morgan fingerprint density at radius 1 is 1.09 bits per heavy atom. The molecule has 0 N–H and O–H groups in total. The van der Waals surface area contributed by atoms with Gasteiger partial charge in [-0.05, 0) is 36.8 Å². The molecule has 122 valence electrons. The molecule has 2 rings (SSSR count). The van der Waals surface area contributed by atoms with E-state index in [1.165, 1.54) is 19.2 Å². The fraction of sp³-hybridized carbons (Fsp3) is 0.278. The molecule has 2 aromatic rings. The molecule has 0 saturated carbocycles. The normalized spacial score (nSPS) is 11.7. The third-order valence-electron chi connectivity index (χ3n) is 3.89. The molecule has 5 heteroatoms. The van der Waals surface area contributed by atoms with Crippen LogP contribution < -0.4 is 9.47 Å². The second kappa shape index (κ2) is 7.13. The highest BCUT2D eigenvalue weighted by molar-refractivity contribution is 5.97. The SMILES string of the molecule is COc1ccc(C(=O)N(C)C(C)c2ccc(F)cc2)c(OC)c1. The molecule has 1 unspecified atom stereocenters. The van der Waals surface area contributed by atoms with Crippen molar-refractivity contribution >= 4 is 5.91 Å². The van der Waals surface area contributed by atoms with Crippen LogP contribution in [-0.2, 0) is 0 Å². The van der Waals surface area contributed by atoms with Crippen molar-refractivity contribution in [2.24, 2.45) is 0 Å². The van der Waals surface area contributed by atoms with Crippen LogP contribution >= 0.6 is 0 Å². The van der Waals surface area contributed by atoms with E-state index in [2.05, 4.69) is 0 Å². The van der Waals surface area contributed by atoms with Crippen LogP contribution in [0.5, 0.6) is 11.5 Å². The van der Waals surface area contributed by atoms with E-state index < -0.39 is 0 Å². The van der Waals surface area contributed by atoms with Crippen molar-refractivity contribution in [1.82, 2.24) is 4.90 Å². The Labute approximate surface area is 135 Å². The largest absolute Gasteiger partial charge is 0.497 e. The zero-order valence-electron chi connectivity index (χ0n) is 13.7. The fourth-order valence-corrected chi connectivity index (χ4v) is 2.31. The Hall–Kier alpha value is -2.56. The van der Waals surface area contributed by atoms with Gasteiger partial charge in [-0.15, -0.1) is 0 Å². The van der Waals surface area contributed by atoms with Crippen molar-refractivity contribution in [2.75, 3.05) is 21.3 Å². The van der Waals surface area contributed by atoms with E-state index in [4.69, 9.17) is 9.47 Å². The maximum absolute atomic E-state index is 13.0. The Balaban J connectivity index is 2.27. The highest BCUT2D eigenvalue weighted by Gasteiger charge is 2.22. The van der Waals surface area contributed by atoms with E-state index in [1.807, 2.05) is 6.92 Å². The van der Waals surface area contributed by atoms with E-state index in [-0.39, 0.29) is 17.8 Å². The van der Waals surface area contributed by atoms with Crippen molar-refractivity contribution in [1.29, 1.82) is 0 Å². The first-order valence-corrected chi connectivity index (χ1v) is 7.22. The van der Waals surface area contributed by atoms with Gasteiger partial charge in [0.1, 0.15) is 17.3 Å². The molecule has 0 aliphatic rings. The molecule has 0 bridgehead atoms. The van der Waals surface area contributed by atoms with Gasteiger partial charge in [-0.25, -0.2) is 4.39 Å². The smallest absolute Gasteiger partial charge is 0.257 e. The summed E-state index contributed by atoms with van der Waals surface area (Å²) in [6, 6.07) is 11.0. The van der Waals surface area contributed by atoms with E-state index in [9.17, 15) is 9.18 Å². The summed E-state index contributed by atoms with van der Waals surface area (Å²) >= 11 is 0. The maximum Gasteiger partial charge on any atom is 0.257 e. The molecule has 0 fully saturated rings. The first-order valence-electron chi connectivity index (χ1n) is 7.22. The topological polar surface area (TPSA) is 38.8 Å². The number of hydrogen-bond acceptors (Lipinski definition) is 3. The van der Waals surface area contributed by atoms with Gasteiger partial charge in [-0.1, -0.05) is 12.1 Å². The van der Waals surface area contributed by atoms with Gasteiger partial charge in [-0.2, -0.15) is 0 Å². The van der Waals surface area contributed by atoms with E-state index >= 15 is 0 Å². The highest BCUT2D eigenvalue weighted by Crippen LogP contribution is 2.28. The quantitative estimate of drug-likeness (QED) is 0.844. The number of carbonyl (C=O) groups excluding carboxylic acids is 1. The molecule has 0 spiro atoms. The van der Waals surface area contributed by atoms with Crippen LogP contribution in [0.2, 0.25) is 0 Å². The molecule has 1 atom stereocenters. The van der Waals surface area contributed by atoms with Crippen molar-refractivity contribution in [3.63, 3.8) is 0 Å². The van der Waals surface area contributed by atoms with Gasteiger partial charge in [0, 0.05) is 13.1 Å². The van der Waals surface area contributed by atoms with Gasteiger partial charge in [0.05, 0.1) is 25.8 Å². The Morgan fingerprint density at radius 2 is 1.74 bits per heavy atom. The summed E-state index contributed by atoms with van der Waals surface area (Å²) < 4.78 is 23.5. The molecular weight excluding hydrogens is 297 g/mol. The zero-order chi connectivity index (χ0) is 17.0. The van der Waals surface area contributed by atoms with Crippen LogP contribution in [0, 0.1) is 5.82 Å². The van der Waals surface area contributed by atoms with E-state index in [0.29, 0.717) is 17.1 Å². The summed E-state index contributed by atoms with van der Waals surface area (Å²) in [4.78, 5) is 14.3. The molecular formula is C18H20FNO3. The number of benzene rings is 2. The fourth-order valence-electron chi connectivity index (χ4n) is 2.31. The minimum Gasteiger partial charge on any atom is -0.497 e. The number of rotatable bonds is 5. The molecule has 0 saturated heterocycles. The van der Waals surface area contributed by atoms with Crippen molar-refractivity contribution in [3.05, 3.63) is 59.4 Å². The van der Waals surface area contributed by atoms with Gasteiger partial charge in [0.15, 0.2) is 0 Å². The average Bonchev–Trinajstić information content (AvgIpc) is 2.59. The maximum atomic E-state index is 13.0. The predicted octanol–water partition coefficient (Wildman–Crippen LogP) is 3.68. The summed E-state index contributed by atoms with van der Waals surface area (Å²) in [6.45, 7) is 1.89. The lowest BCUT2D eigenvalue weighted by atomic mass is 10.1. The van der Waals surface area contributed by atoms with Gasteiger partial charge in [0.2, 0.25) is 0 Å². The van der Waals surface area contributed by atoms with E-state index in [0.717, 1.165) is 5.56 Å². The molecule has 0 aliphatic carbocycles. The number of methoxy groups -OCH3 is 2. The monoisotopic (exact) mass is 317 g/mol. The summed E-state index contributed by atoms with van der Waals surface area (Å²) in [5, 5.41) is 0. The molecule has 4 nitrogen and oxygen atoms in total. The number of ether oxygens (including phenoxy) is 2. The van der Waals surface area contributed by atoms with Crippen LogP contribution in [-0.4, -0.2) is 32.1 Å². The Morgan fingerprint density at radius 3 is 2.30 bits per heavy atom. The first-order chi connectivity index (χ1) is 11.0. The lowest BCUT2D eigenvalue weighted by molar-refractivity contribution is 0.0739. The molecule has 0 aromatic heterocycles. The number of nitrogens with zero attached hydrogens (tertiary/aromatic N) is 1. The van der Waals surface area contributed by atoms with Gasteiger partial charge in [-0.3, -0.25) is 4.79 Å². The molecule has 0 radical (unpaired) electrons. The molecule has 23 heavy (non-hydrogen) atoms. The van der Waals surface area contributed by atoms with Crippen LogP contribution in [0.1, 0.15) is 28.9 Å². The molecule has 2 aromatic carbocycles. The minimum absolute atomic E-state index is 0.179. The third kappa shape index (κ3) is 3.62. The molecule has 0 heterocycles. The highest BCUT2D eigenvalue weighted by atomic mass is 19.1. The first kappa shape index (κ1) is 16.8. The summed E-state index contributed by atoms with van der Waals surface area (Å²) in [6.07, 6.45) is 0. The molecule has 1 amide bonds. The number of amides is 1. The minimum atomic E-state index is -0.299. The average molecular weight is 317 g/mol. The van der Waals surface area contributed by atoms with Crippen LogP contribution in [0.4, 0.5) is 4.39 Å². The predicted molar refractivity (Wildman–Crippen MR) is 86.5 cm³/mol. The lowest BCUT2D eigenvalue weighted by Gasteiger charge is -2.26. The second-order valence-electron chi connectivity index (χ2n) is 5.21. The Bertz CT molecular complexity index is 685. The van der Waals surface area contributed by atoms with Crippen LogP contribution in [0.3, 0.4) is 0 Å². The summed E-state index contributed by atoms with van der Waals surface area (Å²) in [5.74, 6) is 0.591. The molecule has 0 aliphatic heterocycles. The second-order valence-corrected chi connectivity index (χ2v) is 5.21. The Kier molecular flexibility index (Phi) is 5.21. The van der Waals surface area contributed by atoms with Gasteiger partial charge < -0.3 is 14.4 Å². The summed E-state index contributed by atoms with van der Waals surface area (Å²) in [5.41, 5.74) is 1.31. The standard InChI is InChI=1S/C18H20FNO3/c1-12(13-5-7-14(19)8-6-13)20(2)18(21)16-10-9-15(22-3)11-17(16)23-4/h5-12H,1-4H3. The number of hydrogen-bond donors (Lipinski definition) is 0. The van der Waals surface area contributed by atoms with E-state index in [1.54, 1.807) is 49.4 Å². The number of carbonyl (C=O) groups is 1. The third-order valence-corrected chi connectivity index (χ3v) is 3.89. The lowest BCUT2D eigenvalue weighted by Crippen LogP contribution is -2.30. The van der Waals surface area contributed by atoms with Crippen molar-refractivity contribution < 1.29 is 18.7 Å².